The van der Waals surface area contributed by atoms with Gasteiger partial charge in [-0.2, -0.15) is 0 Å². The Balaban J connectivity index is 2.33. The lowest BCUT2D eigenvalue weighted by Gasteiger charge is -2.34. The normalized spacial score (nSPS) is 19.9. The number of aliphatic hydroxyl groups is 1. The Kier molecular flexibility index (Phi) is 4.22. The fourth-order valence-electron chi connectivity index (χ4n) is 2.79. The van der Waals surface area contributed by atoms with Crippen LogP contribution >= 0.6 is 0 Å². The van der Waals surface area contributed by atoms with Gasteiger partial charge in [0.2, 0.25) is 0 Å². The predicted octanol–water partition coefficient (Wildman–Crippen LogP) is 1.73. The van der Waals surface area contributed by atoms with Crippen LogP contribution in [0.25, 0.3) is 0 Å². The van der Waals surface area contributed by atoms with Crippen LogP contribution in [0.1, 0.15) is 23.1 Å². The van der Waals surface area contributed by atoms with Gasteiger partial charge in [0.15, 0.2) is 0 Å². The Morgan fingerprint density at radius 1 is 1.32 bits per heavy atom. The molecule has 1 aromatic carbocycles. The Morgan fingerprint density at radius 3 is 2.53 bits per heavy atom. The molecule has 4 nitrogen and oxygen atoms in total. The topological polar surface area (TPSA) is 49.8 Å². The quantitative estimate of drug-likeness (QED) is 0.903. The molecule has 0 saturated carbocycles. The molecule has 2 rings (SSSR count). The number of amides is 1. The van der Waals surface area contributed by atoms with Crippen LogP contribution in [-0.2, 0) is 9.53 Å². The van der Waals surface area contributed by atoms with Crippen LogP contribution in [0, 0.1) is 20.8 Å². The summed E-state index contributed by atoms with van der Waals surface area (Å²) in [4.78, 5) is 14.2. The van der Waals surface area contributed by atoms with Crippen molar-refractivity contribution in [2.45, 2.75) is 33.3 Å². The molecule has 0 spiro atoms. The van der Waals surface area contributed by atoms with Gasteiger partial charge in [0, 0.05) is 25.3 Å². The van der Waals surface area contributed by atoms with E-state index in [0.717, 1.165) is 16.8 Å². The van der Waals surface area contributed by atoms with Gasteiger partial charge in [-0.3, -0.25) is 4.79 Å². The highest BCUT2D eigenvalue weighted by molar-refractivity contribution is 5.98. The molecule has 1 fully saturated rings. The first kappa shape index (κ1) is 14.0. The van der Waals surface area contributed by atoms with Crippen molar-refractivity contribution < 1.29 is 14.6 Å². The second kappa shape index (κ2) is 5.72. The molecular weight excluding hydrogens is 242 g/mol. The summed E-state index contributed by atoms with van der Waals surface area (Å²) in [6.45, 7) is 7.17. The molecule has 0 aromatic heterocycles. The van der Waals surface area contributed by atoms with Crippen molar-refractivity contribution in [3.63, 3.8) is 0 Å². The van der Waals surface area contributed by atoms with E-state index in [1.807, 2.05) is 13.8 Å². The molecule has 19 heavy (non-hydrogen) atoms. The van der Waals surface area contributed by atoms with Gasteiger partial charge in [0.05, 0.1) is 6.61 Å². The van der Waals surface area contributed by atoms with Crippen molar-refractivity contribution in [2.75, 3.05) is 24.7 Å². The Morgan fingerprint density at radius 2 is 1.95 bits per heavy atom. The number of morpholine rings is 1. The second-order valence-electron chi connectivity index (χ2n) is 5.11. The SMILES string of the molecule is Cc1cc(C)c(N2CCOC(CCO)C2=O)c(C)c1. The minimum Gasteiger partial charge on any atom is -0.396 e. The van der Waals surface area contributed by atoms with E-state index in [-0.39, 0.29) is 12.5 Å². The zero-order chi connectivity index (χ0) is 14.0. The van der Waals surface area contributed by atoms with Gasteiger partial charge in [-0.25, -0.2) is 0 Å². The van der Waals surface area contributed by atoms with Gasteiger partial charge >= 0.3 is 0 Å². The minimum atomic E-state index is -0.515. The number of hydrogen-bond acceptors (Lipinski definition) is 3. The van der Waals surface area contributed by atoms with E-state index in [2.05, 4.69) is 19.1 Å². The molecule has 104 valence electrons. The molecule has 1 heterocycles. The van der Waals surface area contributed by atoms with Gasteiger partial charge in [0.1, 0.15) is 6.10 Å². The van der Waals surface area contributed by atoms with Crippen molar-refractivity contribution in [1.29, 1.82) is 0 Å². The van der Waals surface area contributed by atoms with Gasteiger partial charge in [0.25, 0.3) is 5.91 Å². The van der Waals surface area contributed by atoms with Crippen molar-refractivity contribution >= 4 is 11.6 Å². The summed E-state index contributed by atoms with van der Waals surface area (Å²) in [5.74, 6) is -0.0460. The minimum absolute atomic E-state index is 0.0316. The average Bonchev–Trinajstić information content (AvgIpc) is 2.32. The predicted molar refractivity (Wildman–Crippen MR) is 74.4 cm³/mol. The van der Waals surface area contributed by atoms with Crippen molar-refractivity contribution in [3.05, 3.63) is 28.8 Å². The number of benzene rings is 1. The van der Waals surface area contributed by atoms with Crippen LogP contribution in [0.5, 0.6) is 0 Å². The van der Waals surface area contributed by atoms with Crippen LogP contribution in [-0.4, -0.2) is 36.9 Å². The van der Waals surface area contributed by atoms with Gasteiger partial charge in [-0.1, -0.05) is 17.7 Å². The highest BCUT2D eigenvalue weighted by atomic mass is 16.5. The lowest BCUT2D eigenvalue weighted by molar-refractivity contribution is -0.134. The smallest absolute Gasteiger partial charge is 0.256 e. The van der Waals surface area contributed by atoms with Gasteiger partial charge in [-0.15, -0.1) is 0 Å². The number of aryl methyl sites for hydroxylation is 3. The third kappa shape index (κ3) is 2.80. The zero-order valence-corrected chi connectivity index (χ0v) is 11.8. The number of carbonyl (C=O) groups excluding carboxylic acids is 1. The van der Waals surface area contributed by atoms with E-state index in [1.165, 1.54) is 5.56 Å². The standard InChI is InChI=1S/C15H21NO3/c1-10-8-11(2)14(12(3)9-10)16-5-7-19-13(4-6-17)15(16)18/h8-9,13,17H,4-7H2,1-3H3. The van der Waals surface area contributed by atoms with E-state index in [1.54, 1.807) is 4.90 Å². The summed E-state index contributed by atoms with van der Waals surface area (Å²) in [5.41, 5.74) is 4.40. The highest BCUT2D eigenvalue weighted by Crippen LogP contribution is 2.28. The van der Waals surface area contributed by atoms with Crippen LogP contribution < -0.4 is 4.90 Å². The molecule has 1 atom stereocenters. The molecule has 0 bridgehead atoms. The van der Waals surface area contributed by atoms with E-state index < -0.39 is 6.10 Å². The average molecular weight is 263 g/mol. The number of ether oxygens (including phenoxy) is 1. The molecule has 1 aliphatic heterocycles. The van der Waals surface area contributed by atoms with Gasteiger partial charge < -0.3 is 14.7 Å². The molecule has 1 aromatic rings. The van der Waals surface area contributed by atoms with E-state index >= 15 is 0 Å². The van der Waals surface area contributed by atoms with E-state index in [9.17, 15) is 4.79 Å². The number of carbonyl (C=O) groups is 1. The fraction of sp³-hybridized carbons (Fsp3) is 0.533. The van der Waals surface area contributed by atoms with Crippen molar-refractivity contribution in [1.82, 2.24) is 0 Å². The summed E-state index contributed by atoms with van der Waals surface area (Å²) in [5, 5.41) is 8.99. The molecule has 1 amide bonds. The van der Waals surface area contributed by atoms with Crippen molar-refractivity contribution in [2.24, 2.45) is 0 Å². The maximum atomic E-state index is 12.4. The molecule has 4 heteroatoms. The first-order valence-corrected chi connectivity index (χ1v) is 6.66. The Bertz CT molecular complexity index is 459. The Labute approximate surface area is 114 Å². The summed E-state index contributed by atoms with van der Waals surface area (Å²) in [7, 11) is 0. The second-order valence-corrected chi connectivity index (χ2v) is 5.11. The van der Waals surface area contributed by atoms with Crippen LogP contribution in [0.2, 0.25) is 0 Å². The highest BCUT2D eigenvalue weighted by Gasteiger charge is 2.31. The third-order valence-electron chi connectivity index (χ3n) is 3.47. The lowest BCUT2D eigenvalue weighted by atomic mass is 10.0. The van der Waals surface area contributed by atoms with E-state index in [0.29, 0.717) is 19.6 Å². The summed E-state index contributed by atoms with van der Waals surface area (Å²) >= 11 is 0. The number of anilines is 1. The maximum absolute atomic E-state index is 12.4. The third-order valence-corrected chi connectivity index (χ3v) is 3.47. The van der Waals surface area contributed by atoms with E-state index in [4.69, 9.17) is 9.84 Å². The summed E-state index contributed by atoms with van der Waals surface area (Å²) in [6, 6.07) is 4.18. The fourth-order valence-corrected chi connectivity index (χ4v) is 2.79. The maximum Gasteiger partial charge on any atom is 0.256 e. The molecule has 1 unspecified atom stereocenters. The number of aliphatic hydroxyl groups excluding tert-OH is 1. The Hall–Kier alpha value is -1.39. The number of rotatable bonds is 3. The summed E-state index contributed by atoms with van der Waals surface area (Å²) < 4.78 is 5.43. The zero-order valence-electron chi connectivity index (χ0n) is 11.8. The van der Waals surface area contributed by atoms with Crippen LogP contribution in [0.15, 0.2) is 12.1 Å². The molecule has 0 aliphatic carbocycles. The monoisotopic (exact) mass is 263 g/mol. The number of hydrogen-bond donors (Lipinski definition) is 1. The van der Waals surface area contributed by atoms with Crippen LogP contribution in [0.3, 0.4) is 0 Å². The van der Waals surface area contributed by atoms with Gasteiger partial charge in [-0.05, 0) is 31.9 Å². The van der Waals surface area contributed by atoms with Crippen LogP contribution in [0.4, 0.5) is 5.69 Å². The molecule has 1 saturated heterocycles. The molecular formula is C15H21NO3. The number of nitrogens with zero attached hydrogens (tertiary/aromatic N) is 1. The first-order valence-electron chi connectivity index (χ1n) is 6.66. The molecule has 1 N–H and O–H groups in total. The largest absolute Gasteiger partial charge is 0.396 e. The first-order chi connectivity index (χ1) is 9.04. The molecule has 1 aliphatic rings. The van der Waals surface area contributed by atoms with Crippen molar-refractivity contribution in [3.8, 4) is 0 Å². The summed E-state index contributed by atoms with van der Waals surface area (Å²) in [6.07, 6.45) is -0.155. The lowest BCUT2D eigenvalue weighted by Crippen LogP contribution is -2.48. The molecule has 0 radical (unpaired) electrons.